The molecule has 0 N–H and O–H groups in total. The van der Waals surface area contributed by atoms with Crippen LogP contribution in [0.15, 0.2) is 16.5 Å². The number of rotatable bonds is 5. The molecule has 80 valence electrons. The number of hydrogen-bond donors (Lipinski definition) is 0. The van der Waals surface area contributed by atoms with Crippen LogP contribution in [0.2, 0.25) is 0 Å². The van der Waals surface area contributed by atoms with Crippen molar-refractivity contribution in [3.05, 3.63) is 23.7 Å². The van der Waals surface area contributed by atoms with Crippen LogP contribution in [0.1, 0.15) is 29.7 Å². The van der Waals surface area contributed by atoms with Gasteiger partial charge in [0.2, 0.25) is 0 Å². The normalized spacial score (nSPS) is 12.4. The van der Waals surface area contributed by atoms with Crippen molar-refractivity contribution < 1.29 is 9.21 Å². The van der Waals surface area contributed by atoms with Crippen molar-refractivity contribution >= 4 is 6.29 Å². The van der Waals surface area contributed by atoms with Gasteiger partial charge in [-0.2, -0.15) is 5.26 Å². The maximum absolute atomic E-state index is 10.4. The smallest absolute Gasteiger partial charge is 0.185 e. The number of furan rings is 1. The molecule has 1 heterocycles. The van der Waals surface area contributed by atoms with Gasteiger partial charge in [0.1, 0.15) is 5.76 Å². The molecular weight excluding hydrogens is 192 g/mol. The predicted octanol–water partition coefficient (Wildman–Crippen LogP) is 1.83. The highest BCUT2D eigenvalue weighted by molar-refractivity contribution is 5.70. The summed E-state index contributed by atoms with van der Waals surface area (Å²) in [5, 5.41) is 8.55. The fraction of sp³-hybridized carbons (Fsp3) is 0.455. The highest BCUT2D eigenvalue weighted by Crippen LogP contribution is 2.11. The zero-order chi connectivity index (χ0) is 11.3. The lowest BCUT2D eigenvalue weighted by Crippen LogP contribution is -2.27. The lowest BCUT2D eigenvalue weighted by molar-refractivity contribution is 0.109. The van der Waals surface area contributed by atoms with E-state index in [1.807, 2.05) is 18.9 Å². The van der Waals surface area contributed by atoms with Crippen molar-refractivity contribution in [3.63, 3.8) is 0 Å². The van der Waals surface area contributed by atoms with E-state index in [9.17, 15) is 4.79 Å². The van der Waals surface area contributed by atoms with Crippen LogP contribution in [0.3, 0.4) is 0 Å². The molecule has 1 rings (SSSR count). The van der Waals surface area contributed by atoms with Gasteiger partial charge >= 0.3 is 0 Å². The zero-order valence-corrected chi connectivity index (χ0v) is 8.93. The quantitative estimate of drug-likeness (QED) is 0.689. The zero-order valence-electron chi connectivity index (χ0n) is 8.93. The van der Waals surface area contributed by atoms with E-state index < -0.39 is 0 Å². The standard InChI is InChI=1S/C11H14N2O2/c1-9(5-6-12)13(2)7-10-3-4-11(8-14)15-10/h3-4,8-9H,5,7H2,1-2H3. The van der Waals surface area contributed by atoms with Crippen molar-refractivity contribution in [1.29, 1.82) is 5.26 Å². The van der Waals surface area contributed by atoms with Crippen LogP contribution in [0.25, 0.3) is 0 Å². The van der Waals surface area contributed by atoms with Gasteiger partial charge in [0.05, 0.1) is 19.0 Å². The fourth-order valence-electron chi connectivity index (χ4n) is 1.23. The minimum Gasteiger partial charge on any atom is -0.457 e. The molecular formula is C11H14N2O2. The van der Waals surface area contributed by atoms with E-state index in [1.54, 1.807) is 12.1 Å². The fourth-order valence-corrected chi connectivity index (χ4v) is 1.23. The van der Waals surface area contributed by atoms with Crippen LogP contribution >= 0.6 is 0 Å². The molecule has 0 aliphatic heterocycles. The Bertz CT molecular complexity index is 365. The minimum atomic E-state index is 0.180. The molecule has 0 spiro atoms. The van der Waals surface area contributed by atoms with Gasteiger partial charge in [0.15, 0.2) is 12.0 Å². The van der Waals surface area contributed by atoms with Crippen LogP contribution in [0.5, 0.6) is 0 Å². The number of nitriles is 1. The van der Waals surface area contributed by atoms with Crippen molar-refractivity contribution in [2.24, 2.45) is 0 Å². The molecule has 0 aliphatic rings. The highest BCUT2D eigenvalue weighted by atomic mass is 16.3. The average molecular weight is 206 g/mol. The SMILES string of the molecule is CC(CC#N)N(C)Cc1ccc(C=O)o1. The lowest BCUT2D eigenvalue weighted by Gasteiger charge is -2.20. The lowest BCUT2D eigenvalue weighted by atomic mass is 10.2. The second-order valence-electron chi connectivity index (χ2n) is 3.55. The minimum absolute atomic E-state index is 0.180. The van der Waals surface area contributed by atoms with Crippen LogP contribution in [-0.2, 0) is 6.54 Å². The third-order valence-electron chi connectivity index (χ3n) is 2.34. The van der Waals surface area contributed by atoms with E-state index in [4.69, 9.17) is 9.68 Å². The first-order valence-corrected chi connectivity index (χ1v) is 4.78. The molecule has 15 heavy (non-hydrogen) atoms. The summed E-state index contributed by atoms with van der Waals surface area (Å²) in [5.41, 5.74) is 0. The summed E-state index contributed by atoms with van der Waals surface area (Å²) >= 11 is 0. The van der Waals surface area contributed by atoms with Gasteiger partial charge in [0.25, 0.3) is 0 Å². The number of hydrogen-bond acceptors (Lipinski definition) is 4. The first-order chi connectivity index (χ1) is 7.17. The van der Waals surface area contributed by atoms with E-state index in [1.165, 1.54) is 0 Å². The van der Waals surface area contributed by atoms with Crippen molar-refractivity contribution in [3.8, 4) is 6.07 Å². The number of nitrogens with zero attached hydrogens (tertiary/aromatic N) is 2. The molecule has 4 nitrogen and oxygen atoms in total. The van der Waals surface area contributed by atoms with E-state index in [-0.39, 0.29) is 6.04 Å². The maximum Gasteiger partial charge on any atom is 0.185 e. The summed E-state index contributed by atoms with van der Waals surface area (Å²) in [5.74, 6) is 1.08. The summed E-state index contributed by atoms with van der Waals surface area (Å²) < 4.78 is 5.24. The van der Waals surface area contributed by atoms with Crippen LogP contribution in [-0.4, -0.2) is 24.3 Å². The number of carbonyl (C=O) groups excluding carboxylic acids is 1. The molecule has 0 aromatic carbocycles. The summed E-state index contributed by atoms with van der Waals surface area (Å²) in [7, 11) is 1.92. The molecule has 0 saturated carbocycles. The largest absolute Gasteiger partial charge is 0.457 e. The number of aldehydes is 1. The van der Waals surface area contributed by atoms with Gasteiger partial charge in [-0.15, -0.1) is 0 Å². The highest BCUT2D eigenvalue weighted by Gasteiger charge is 2.11. The van der Waals surface area contributed by atoms with Gasteiger partial charge < -0.3 is 4.42 Å². The van der Waals surface area contributed by atoms with Crippen molar-refractivity contribution in [2.45, 2.75) is 25.9 Å². The second-order valence-corrected chi connectivity index (χ2v) is 3.55. The Labute approximate surface area is 89.1 Å². The molecule has 0 aliphatic carbocycles. The van der Waals surface area contributed by atoms with Crippen molar-refractivity contribution in [2.75, 3.05) is 7.05 Å². The average Bonchev–Trinajstić information content (AvgIpc) is 2.66. The predicted molar refractivity (Wildman–Crippen MR) is 55.3 cm³/mol. The van der Waals surface area contributed by atoms with E-state index in [2.05, 4.69) is 6.07 Å². The molecule has 1 unspecified atom stereocenters. The third kappa shape index (κ3) is 3.22. The summed E-state index contributed by atoms with van der Waals surface area (Å²) in [6.45, 7) is 2.59. The number of carbonyl (C=O) groups is 1. The molecule has 1 atom stereocenters. The van der Waals surface area contributed by atoms with Crippen LogP contribution in [0.4, 0.5) is 0 Å². The molecule has 0 radical (unpaired) electrons. The van der Waals surface area contributed by atoms with Gasteiger partial charge in [-0.1, -0.05) is 0 Å². The Kier molecular flexibility index (Phi) is 4.07. The summed E-state index contributed by atoms with van der Waals surface area (Å²) in [6.07, 6.45) is 1.17. The van der Waals surface area contributed by atoms with E-state index in [0.717, 1.165) is 5.76 Å². The Morgan fingerprint density at radius 2 is 2.40 bits per heavy atom. The molecule has 0 bridgehead atoms. The summed E-state index contributed by atoms with van der Waals surface area (Å²) in [6, 6.07) is 5.72. The molecule has 4 heteroatoms. The Morgan fingerprint density at radius 3 is 2.93 bits per heavy atom. The first kappa shape index (κ1) is 11.5. The summed E-state index contributed by atoms with van der Waals surface area (Å²) in [4.78, 5) is 12.4. The van der Waals surface area contributed by atoms with E-state index >= 15 is 0 Å². The van der Waals surface area contributed by atoms with Gasteiger partial charge in [-0.3, -0.25) is 9.69 Å². The first-order valence-electron chi connectivity index (χ1n) is 4.78. The van der Waals surface area contributed by atoms with Gasteiger partial charge in [-0.05, 0) is 26.1 Å². The van der Waals surface area contributed by atoms with Crippen LogP contribution < -0.4 is 0 Å². The Balaban J connectivity index is 2.54. The monoisotopic (exact) mass is 206 g/mol. The Morgan fingerprint density at radius 1 is 1.67 bits per heavy atom. The van der Waals surface area contributed by atoms with Gasteiger partial charge in [-0.25, -0.2) is 0 Å². The molecule has 1 aromatic rings. The molecule has 1 aromatic heterocycles. The maximum atomic E-state index is 10.4. The molecule has 0 amide bonds. The van der Waals surface area contributed by atoms with Crippen LogP contribution in [0, 0.1) is 11.3 Å². The van der Waals surface area contributed by atoms with Gasteiger partial charge in [0, 0.05) is 6.04 Å². The molecule has 0 fully saturated rings. The second kappa shape index (κ2) is 5.32. The Hall–Kier alpha value is -1.60. The molecule has 0 saturated heterocycles. The third-order valence-corrected chi connectivity index (χ3v) is 2.34. The topological polar surface area (TPSA) is 57.2 Å². The van der Waals surface area contributed by atoms with E-state index in [0.29, 0.717) is 25.0 Å². The van der Waals surface area contributed by atoms with Crippen molar-refractivity contribution in [1.82, 2.24) is 4.90 Å².